The lowest BCUT2D eigenvalue weighted by Gasteiger charge is -2.09. The Morgan fingerprint density at radius 3 is 2.38 bits per heavy atom. The summed E-state index contributed by atoms with van der Waals surface area (Å²) in [6.07, 6.45) is 7.62. The Bertz CT molecular complexity index is 492. The molecule has 0 bridgehead atoms. The Morgan fingerprint density at radius 2 is 1.88 bits per heavy atom. The SMILES string of the molecule is C=C/C=c1/c(C(C)NC)c(C)[nH]/c1=C/C=C. The number of allylic oxidation sites excluding steroid dienone is 2. The molecule has 0 aliphatic carbocycles. The number of aryl methyl sites for hydroxylation is 1. The molecule has 0 spiro atoms. The Hall–Kier alpha value is -1.54. The molecule has 1 atom stereocenters. The molecule has 0 aromatic carbocycles. The van der Waals surface area contributed by atoms with Crippen LogP contribution in [-0.4, -0.2) is 12.0 Å². The van der Waals surface area contributed by atoms with Gasteiger partial charge in [-0.15, -0.1) is 0 Å². The van der Waals surface area contributed by atoms with Crippen LogP contribution in [0.1, 0.15) is 24.2 Å². The third kappa shape index (κ3) is 2.34. The molecule has 86 valence electrons. The van der Waals surface area contributed by atoms with Crippen molar-refractivity contribution in [2.75, 3.05) is 7.05 Å². The maximum atomic E-state index is 3.76. The smallest absolute Gasteiger partial charge is 0.0459 e. The number of aromatic nitrogens is 1. The first kappa shape index (κ1) is 12.5. The van der Waals surface area contributed by atoms with Gasteiger partial charge in [-0.2, -0.15) is 0 Å². The van der Waals surface area contributed by atoms with Crippen molar-refractivity contribution in [3.63, 3.8) is 0 Å². The molecule has 0 radical (unpaired) electrons. The first-order chi connectivity index (χ1) is 7.65. The monoisotopic (exact) mass is 216 g/mol. The summed E-state index contributed by atoms with van der Waals surface area (Å²) >= 11 is 0. The molecule has 0 aliphatic rings. The van der Waals surface area contributed by atoms with Gasteiger partial charge in [-0.05, 0) is 32.5 Å². The first-order valence-electron chi connectivity index (χ1n) is 5.47. The van der Waals surface area contributed by atoms with Gasteiger partial charge in [0, 0.05) is 22.3 Å². The number of nitrogens with one attached hydrogen (secondary N) is 2. The van der Waals surface area contributed by atoms with E-state index >= 15 is 0 Å². The molecular formula is C14H20N2. The van der Waals surface area contributed by atoms with E-state index in [1.54, 1.807) is 6.08 Å². The van der Waals surface area contributed by atoms with E-state index in [-0.39, 0.29) is 0 Å². The highest BCUT2D eigenvalue weighted by Crippen LogP contribution is 2.08. The average Bonchev–Trinajstić information content (AvgIpc) is 2.56. The molecule has 2 N–H and O–H groups in total. The van der Waals surface area contributed by atoms with Crippen molar-refractivity contribution in [2.45, 2.75) is 19.9 Å². The second-order valence-electron chi connectivity index (χ2n) is 3.81. The largest absolute Gasteiger partial charge is 0.358 e. The summed E-state index contributed by atoms with van der Waals surface area (Å²) in [5.41, 5.74) is 2.47. The fourth-order valence-corrected chi connectivity index (χ4v) is 1.93. The van der Waals surface area contributed by atoms with E-state index < -0.39 is 0 Å². The van der Waals surface area contributed by atoms with Crippen LogP contribution in [0, 0.1) is 6.92 Å². The summed E-state index contributed by atoms with van der Waals surface area (Å²) in [6, 6.07) is 0.314. The van der Waals surface area contributed by atoms with E-state index in [2.05, 4.69) is 37.3 Å². The van der Waals surface area contributed by atoms with Crippen molar-refractivity contribution in [1.29, 1.82) is 0 Å². The van der Waals surface area contributed by atoms with Gasteiger partial charge in [0.15, 0.2) is 0 Å². The predicted octanol–water partition coefficient (Wildman–Crippen LogP) is 1.54. The Morgan fingerprint density at radius 1 is 1.25 bits per heavy atom. The lowest BCUT2D eigenvalue weighted by molar-refractivity contribution is 0.646. The summed E-state index contributed by atoms with van der Waals surface area (Å²) in [5.74, 6) is 0. The second-order valence-corrected chi connectivity index (χ2v) is 3.81. The van der Waals surface area contributed by atoms with E-state index in [4.69, 9.17) is 0 Å². The molecule has 0 saturated heterocycles. The molecule has 2 nitrogen and oxygen atoms in total. The minimum Gasteiger partial charge on any atom is -0.358 e. The van der Waals surface area contributed by atoms with E-state index in [1.807, 2.05) is 25.3 Å². The van der Waals surface area contributed by atoms with Gasteiger partial charge in [-0.1, -0.05) is 31.4 Å². The van der Waals surface area contributed by atoms with Gasteiger partial charge in [0.2, 0.25) is 0 Å². The molecule has 1 heterocycles. The lowest BCUT2D eigenvalue weighted by atomic mass is 10.1. The first-order valence-corrected chi connectivity index (χ1v) is 5.47. The molecule has 1 rings (SSSR count). The zero-order valence-corrected chi connectivity index (χ0v) is 10.3. The highest BCUT2D eigenvalue weighted by Gasteiger charge is 2.10. The summed E-state index contributed by atoms with van der Waals surface area (Å²) < 4.78 is 0. The zero-order chi connectivity index (χ0) is 12.1. The topological polar surface area (TPSA) is 27.8 Å². The number of hydrogen-bond acceptors (Lipinski definition) is 1. The van der Waals surface area contributed by atoms with Crippen LogP contribution in [-0.2, 0) is 0 Å². The van der Waals surface area contributed by atoms with Gasteiger partial charge in [0.25, 0.3) is 0 Å². The van der Waals surface area contributed by atoms with Crippen LogP contribution in [0.4, 0.5) is 0 Å². The summed E-state index contributed by atoms with van der Waals surface area (Å²) in [7, 11) is 1.96. The van der Waals surface area contributed by atoms with E-state index in [0.29, 0.717) is 6.04 Å². The number of hydrogen-bond donors (Lipinski definition) is 2. The highest BCUT2D eigenvalue weighted by atomic mass is 14.9. The molecular weight excluding hydrogens is 196 g/mol. The van der Waals surface area contributed by atoms with E-state index in [0.717, 1.165) is 5.35 Å². The second kappa shape index (κ2) is 5.52. The van der Waals surface area contributed by atoms with Crippen molar-refractivity contribution < 1.29 is 0 Å². The Labute approximate surface area is 97.1 Å². The fourth-order valence-electron chi connectivity index (χ4n) is 1.93. The Kier molecular flexibility index (Phi) is 4.32. The summed E-state index contributed by atoms with van der Waals surface area (Å²) in [4.78, 5) is 3.37. The zero-order valence-electron chi connectivity index (χ0n) is 10.3. The molecule has 0 amide bonds. The van der Waals surface area contributed by atoms with Crippen LogP contribution < -0.4 is 15.9 Å². The van der Waals surface area contributed by atoms with E-state index in [9.17, 15) is 0 Å². The van der Waals surface area contributed by atoms with Gasteiger partial charge in [0.05, 0.1) is 0 Å². The van der Waals surface area contributed by atoms with Crippen molar-refractivity contribution in [1.82, 2.24) is 10.3 Å². The maximum absolute atomic E-state index is 3.76. The van der Waals surface area contributed by atoms with Crippen LogP contribution in [0.3, 0.4) is 0 Å². The fraction of sp³-hybridized carbons (Fsp3) is 0.286. The van der Waals surface area contributed by atoms with Crippen LogP contribution in [0.2, 0.25) is 0 Å². The molecule has 0 fully saturated rings. The van der Waals surface area contributed by atoms with E-state index in [1.165, 1.54) is 16.5 Å². The number of aromatic amines is 1. The van der Waals surface area contributed by atoms with Gasteiger partial charge in [-0.3, -0.25) is 0 Å². The minimum atomic E-state index is 0.314. The summed E-state index contributed by atoms with van der Waals surface area (Å²) in [6.45, 7) is 11.7. The molecule has 16 heavy (non-hydrogen) atoms. The predicted molar refractivity (Wildman–Crippen MR) is 71.6 cm³/mol. The quantitative estimate of drug-likeness (QED) is 0.785. The molecule has 0 saturated carbocycles. The average molecular weight is 216 g/mol. The molecule has 1 aromatic heterocycles. The summed E-state index contributed by atoms with van der Waals surface area (Å²) in [5, 5.41) is 5.54. The van der Waals surface area contributed by atoms with Crippen LogP contribution in [0.5, 0.6) is 0 Å². The van der Waals surface area contributed by atoms with Crippen LogP contribution in [0.25, 0.3) is 12.2 Å². The number of rotatable bonds is 4. The highest BCUT2D eigenvalue weighted by molar-refractivity contribution is 5.46. The normalized spacial score (nSPS) is 15.2. The van der Waals surface area contributed by atoms with Gasteiger partial charge >= 0.3 is 0 Å². The van der Waals surface area contributed by atoms with Crippen molar-refractivity contribution in [3.8, 4) is 0 Å². The standard InChI is InChI=1S/C14H20N2/c1-6-8-12-13(9-7-2)16-11(4)14(12)10(3)15-5/h6-10,15-16H,1-2H2,3-5H3/b12-8+,13-9+. The third-order valence-corrected chi connectivity index (χ3v) is 2.74. The van der Waals surface area contributed by atoms with Crippen LogP contribution >= 0.6 is 0 Å². The molecule has 1 unspecified atom stereocenters. The van der Waals surface area contributed by atoms with Crippen molar-refractivity contribution in [3.05, 3.63) is 47.1 Å². The van der Waals surface area contributed by atoms with Gasteiger partial charge in [-0.25, -0.2) is 0 Å². The minimum absolute atomic E-state index is 0.314. The molecule has 0 aliphatic heterocycles. The van der Waals surface area contributed by atoms with Gasteiger partial charge in [0.1, 0.15) is 0 Å². The lowest BCUT2D eigenvalue weighted by Crippen LogP contribution is -2.28. The molecule has 1 aromatic rings. The maximum Gasteiger partial charge on any atom is 0.0459 e. The van der Waals surface area contributed by atoms with Crippen LogP contribution in [0.15, 0.2) is 25.3 Å². The van der Waals surface area contributed by atoms with Crippen molar-refractivity contribution in [2.24, 2.45) is 0 Å². The molecule has 2 heteroatoms. The van der Waals surface area contributed by atoms with Crippen molar-refractivity contribution >= 4 is 12.2 Å². The third-order valence-electron chi connectivity index (χ3n) is 2.74. The number of H-pyrrole nitrogens is 1. The van der Waals surface area contributed by atoms with Gasteiger partial charge < -0.3 is 10.3 Å². The Balaban J connectivity index is 3.61.